The smallest absolute Gasteiger partial charge is 0.260 e. The van der Waals surface area contributed by atoms with Gasteiger partial charge in [0.25, 0.3) is 5.91 Å². The highest BCUT2D eigenvalue weighted by Crippen LogP contribution is 2.32. The minimum atomic E-state index is 0. The zero-order valence-corrected chi connectivity index (χ0v) is 19.0. The molecule has 1 heterocycles. The number of benzene rings is 2. The number of nitrogens with zero attached hydrogens (tertiary/aromatic N) is 3. The van der Waals surface area contributed by atoms with Gasteiger partial charge in [-0.05, 0) is 70.6 Å². The van der Waals surface area contributed by atoms with Gasteiger partial charge in [-0.25, -0.2) is 4.98 Å². The number of hydrogen-bond donors (Lipinski definition) is 0. The highest BCUT2D eigenvalue weighted by Gasteiger charge is 2.23. The van der Waals surface area contributed by atoms with Crippen LogP contribution in [0.3, 0.4) is 0 Å². The van der Waals surface area contributed by atoms with Gasteiger partial charge in [0, 0.05) is 18.7 Å². The van der Waals surface area contributed by atoms with Crippen LogP contribution in [0.4, 0.5) is 5.13 Å². The molecular weight excluding hydrogens is 390 g/mol. The number of aromatic nitrogens is 1. The average molecular weight is 418 g/mol. The van der Waals surface area contributed by atoms with Gasteiger partial charge in [0.05, 0.1) is 10.2 Å². The molecule has 0 aliphatic carbocycles. The first-order valence-corrected chi connectivity index (χ1v) is 9.99. The van der Waals surface area contributed by atoms with E-state index in [4.69, 9.17) is 4.98 Å². The van der Waals surface area contributed by atoms with E-state index >= 15 is 0 Å². The second-order valence-electron chi connectivity index (χ2n) is 7.50. The highest BCUT2D eigenvalue weighted by atomic mass is 35.5. The zero-order valence-electron chi connectivity index (χ0n) is 17.4. The summed E-state index contributed by atoms with van der Waals surface area (Å²) in [6, 6.07) is 10.3. The molecule has 0 fully saturated rings. The Bertz CT molecular complexity index is 997. The van der Waals surface area contributed by atoms with Crippen molar-refractivity contribution in [1.29, 1.82) is 0 Å². The van der Waals surface area contributed by atoms with Crippen LogP contribution in [-0.4, -0.2) is 43.0 Å². The fourth-order valence-corrected chi connectivity index (χ4v) is 4.34. The summed E-state index contributed by atoms with van der Waals surface area (Å²) >= 11 is 1.59. The Hall–Kier alpha value is -1.95. The maximum Gasteiger partial charge on any atom is 0.260 e. The fourth-order valence-electron chi connectivity index (χ4n) is 3.17. The van der Waals surface area contributed by atoms with E-state index in [1.54, 1.807) is 11.3 Å². The molecule has 0 spiro atoms. The number of fused-ring (bicyclic) bond motifs is 1. The molecule has 0 N–H and O–H groups in total. The van der Waals surface area contributed by atoms with Crippen LogP contribution in [0.15, 0.2) is 30.3 Å². The molecule has 0 radical (unpaired) electrons. The van der Waals surface area contributed by atoms with Crippen molar-refractivity contribution < 1.29 is 4.79 Å². The molecule has 28 heavy (non-hydrogen) atoms. The van der Waals surface area contributed by atoms with E-state index in [9.17, 15) is 4.79 Å². The fraction of sp³-hybridized carbons (Fsp3) is 0.364. The highest BCUT2D eigenvalue weighted by molar-refractivity contribution is 7.22. The van der Waals surface area contributed by atoms with Gasteiger partial charge in [0.15, 0.2) is 5.13 Å². The third-order valence-electron chi connectivity index (χ3n) is 4.69. The van der Waals surface area contributed by atoms with Crippen molar-refractivity contribution in [2.75, 3.05) is 32.1 Å². The first kappa shape index (κ1) is 22.3. The van der Waals surface area contributed by atoms with Gasteiger partial charge in [-0.2, -0.15) is 0 Å². The lowest BCUT2D eigenvalue weighted by Crippen LogP contribution is -2.37. The van der Waals surface area contributed by atoms with Crippen molar-refractivity contribution in [1.82, 2.24) is 9.88 Å². The Labute approximate surface area is 177 Å². The number of anilines is 1. The number of halogens is 1. The van der Waals surface area contributed by atoms with Gasteiger partial charge in [-0.15, -0.1) is 12.4 Å². The van der Waals surface area contributed by atoms with Gasteiger partial charge < -0.3 is 4.90 Å². The monoisotopic (exact) mass is 417 g/mol. The SMILES string of the molecule is Cc1ccc(C)c(C(=O)N(CCN(C)C)c2nc3c(C)cc(C)cc3s2)c1.Cl. The molecule has 0 bridgehead atoms. The summed E-state index contributed by atoms with van der Waals surface area (Å²) in [6.07, 6.45) is 0. The average Bonchev–Trinajstić information content (AvgIpc) is 3.00. The first-order valence-electron chi connectivity index (χ1n) is 9.18. The van der Waals surface area contributed by atoms with E-state index in [1.165, 1.54) is 5.56 Å². The van der Waals surface area contributed by atoms with Crippen molar-refractivity contribution in [3.8, 4) is 0 Å². The van der Waals surface area contributed by atoms with E-state index in [-0.39, 0.29) is 18.3 Å². The molecule has 0 aliphatic heterocycles. The molecule has 0 atom stereocenters. The van der Waals surface area contributed by atoms with Crippen LogP contribution in [0.1, 0.15) is 32.6 Å². The summed E-state index contributed by atoms with van der Waals surface area (Å²) in [6.45, 7) is 9.57. The van der Waals surface area contributed by atoms with E-state index in [0.29, 0.717) is 6.54 Å². The Balaban J connectivity index is 0.00000280. The van der Waals surface area contributed by atoms with Crippen LogP contribution in [0, 0.1) is 27.7 Å². The number of aryl methyl sites for hydroxylation is 4. The lowest BCUT2D eigenvalue weighted by atomic mass is 10.0. The van der Waals surface area contributed by atoms with Crippen molar-refractivity contribution in [3.63, 3.8) is 0 Å². The van der Waals surface area contributed by atoms with Crippen LogP contribution < -0.4 is 4.90 Å². The Kier molecular flexibility index (Phi) is 7.21. The predicted octanol–water partition coefficient (Wildman–Crippen LogP) is 5.16. The van der Waals surface area contributed by atoms with Crippen molar-refractivity contribution in [3.05, 3.63) is 58.1 Å². The van der Waals surface area contributed by atoms with E-state index in [2.05, 4.69) is 30.9 Å². The van der Waals surface area contributed by atoms with Crippen LogP contribution in [-0.2, 0) is 0 Å². The molecule has 3 aromatic rings. The molecule has 0 saturated heterocycles. The maximum atomic E-state index is 13.4. The van der Waals surface area contributed by atoms with Crippen molar-refractivity contribution >= 4 is 45.0 Å². The molecule has 1 aromatic heterocycles. The molecule has 0 saturated carbocycles. The van der Waals surface area contributed by atoms with E-state index < -0.39 is 0 Å². The molecule has 4 nitrogen and oxygen atoms in total. The molecule has 3 rings (SSSR count). The number of carbonyl (C=O) groups is 1. The summed E-state index contributed by atoms with van der Waals surface area (Å²) < 4.78 is 1.13. The third-order valence-corrected chi connectivity index (χ3v) is 5.71. The quantitative estimate of drug-likeness (QED) is 0.575. The number of likely N-dealkylation sites (N-methyl/N-ethyl adjacent to an activating group) is 1. The molecule has 0 unspecified atom stereocenters. The third kappa shape index (κ3) is 4.72. The normalized spacial score (nSPS) is 11.0. The van der Waals surface area contributed by atoms with Crippen LogP contribution in [0.2, 0.25) is 0 Å². The van der Waals surface area contributed by atoms with Gasteiger partial charge in [-0.1, -0.05) is 35.1 Å². The standard InChI is InChI=1S/C22H27N3OS.ClH/c1-14-7-8-16(3)18(12-14)21(26)25(10-9-24(5)6)22-23-20-17(4)11-15(2)13-19(20)27-22;/h7-8,11-13H,9-10H2,1-6H3;1H. The predicted molar refractivity (Wildman–Crippen MR) is 122 cm³/mol. The Morgan fingerprint density at radius 3 is 2.36 bits per heavy atom. The zero-order chi connectivity index (χ0) is 19.7. The Morgan fingerprint density at radius 1 is 0.964 bits per heavy atom. The van der Waals surface area contributed by atoms with Crippen LogP contribution in [0.25, 0.3) is 10.2 Å². The van der Waals surface area contributed by atoms with Crippen molar-refractivity contribution in [2.24, 2.45) is 0 Å². The number of amides is 1. The van der Waals surface area contributed by atoms with Gasteiger partial charge in [-0.3, -0.25) is 9.69 Å². The topological polar surface area (TPSA) is 36.4 Å². The maximum absolute atomic E-state index is 13.4. The number of hydrogen-bond acceptors (Lipinski definition) is 4. The second kappa shape index (κ2) is 9.03. The molecule has 1 amide bonds. The molecule has 6 heteroatoms. The largest absolute Gasteiger partial charge is 0.308 e. The minimum absolute atomic E-state index is 0. The summed E-state index contributed by atoms with van der Waals surface area (Å²) in [5, 5.41) is 0.770. The van der Waals surface area contributed by atoms with Crippen LogP contribution >= 0.6 is 23.7 Å². The molecule has 0 aliphatic rings. The summed E-state index contributed by atoms with van der Waals surface area (Å²) in [5.41, 5.74) is 6.20. The van der Waals surface area contributed by atoms with Gasteiger partial charge >= 0.3 is 0 Å². The molecule has 2 aromatic carbocycles. The number of rotatable bonds is 5. The van der Waals surface area contributed by atoms with Gasteiger partial charge in [0.2, 0.25) is 0 Å². The lowest BCUT2D eigenvalue weighted by molar-refractivity contribution is 0.0984. The summed E-state index contributed by atoms with van der Waals surface area (Å²) in [4.78, 5) is 22.2. The lowest BCUT2D eigenvalue weighted by Gasteiger charge is -2.23. The second-order valence-corrected chi connectivity index (χ2v) is 8.51. The van der Waals surface area contributed by atoms with Gasteiger partial charge in [0.1, 0.15) is 0 Å². The first-order chi connectivity index (χ1) is 12.8. The minimum Gasteiger partial charge on any atom is -0.308 e. The summed E-state index contributed by atoms with van der Waals surface area (Å²) in [5.74, 6) is 0.0199. The Morgan fingerprint density at radius 2 is 1.68 bits per heavy atom. The molecular formula is C22H28ClN3OS. The number of carbonyl (C=O) groups excluding carboxylic acids is 1. The number of thiazole rings is 1. The molecule has 150 valence electrons. The van der Waals surface area contributed by atoms with E-state index in [1.807, 2.05) is 51.0 Å². The summed E-state index contributed by atoms with van der Waals surface area (Å²) in [7, 11) is 4.04. The van der Waals surface area contributed by atoms with E-state index in [0.717, 1.165) is 44.1 Å². The van der Waals surface area contributed by atoms with Crippen LogP contribution in [0.5, 0.6) is 0 Å². The van der Waals surface area contributed by atoms with Crippen molar-refractivity contribution in [2.45, 2.75) is 27.7 Å².